The summed E-state index contributed by atoms with van der Waals surface area (Å²) < 4.78 is 12.8. The van der Waals surface area contributed by atoms with Gasteiger partial charge >= 0.3 is 0 Å². The van der Waals surface area contributed by atoms with Crippen LogP contribution in [0.25, 0.3) is 28.0 Å². The van der Waals surface area contributed by atoms with Crippen molar-refractivity contribution in [3.05, 3.63) is 89.2 Å². The summed E-state index contributed by atoms with van der Waals surface area (Å²) in [5, 5.41) is 3.18. The molecule has 0 atom stereocenters. The number of carbonyl (C=O) groups excluding carboxylic acids is 1. The van der Waals surface area contributed by atoms with Crippen LogP contribution in [-0.4, -0.2) is 27.4 Å². The fourth-order valence-electron chi connectivity index (χ4n) is 3.33. The van der Waals surface area contributed by atoms with Crippen molar-refractivity contribution in [1.82, 2.24) is 14.4 Å². The normalized spacial score (nSPS) is 11.0. The molecule has 0 bridgehead atoms. The summed E-state index contributed by atoms with van der Waals surface area (Å²) >= 11 is 0. The molecule has 5 aromatic rings. The van der Waals surface area contributed by atoms with Crippen molar-refractivity contribution in [2.24, 2.45) is 0 Å². The van der Waals surface area contributed by atoms with E-state index in [2.05, 4.69) is 15.3 Å². The number of carbonyl (C=O) groups is 1. The molecule has 5 rings (SSSR count). The molecule has 0 spiro atoms. The van der Waals surface area contributed by atoms with Crippen LogP contribution in [0.5, 0.6) is 5.75 Å². The van der Waals surface area contributed by atoms with Gasteiger partial charge in [-0.05, 0) is 36.4 Å². The molecule has 2 aromatic carbocycles. The molecule has 152 valence electrons. The highest BCUT2D eigenvalue weighted by atomic mass is 16.5. The van der Waals surface area contributed by atoms with Crippen molar-refractivity contribution in [3.8, 4) is 17.0 Å². The third-order valence-corrected chi connectivity index (χ3v) is 4.84. The number of nitrogens with zero attached hydrogens (tertiary/aromatic N) is 3. The molecule has 0 unspecified atom stereocenters. The number of para-hydroxylation sites is 1. The molecule has 0 saturated heterocycles. The number of fused-ring (bicyclic) bond motifs is 2. The highest BCUT2D eigenvalue weighted by Crippen LogP contribution is 2.30. The summed E-state index contributed by atoms with van der Waals surface area (Å²) in [5.74, 6) is 0.377. The first-order valence-electron chi connectivity index (χ1n) is 9.45. The molecule has 0 radical (unpaired) electrons. The van der Waals surface area contributed by atoms with Crippen LogP contribution >= 0.6 is 0 Å². The SMILES string of the molecule is COc1ccc(-c2cn3cccnc3n2)cc1NC(=O)c1cc(=O)c2ccccc2o1. The van der Waals surface area contributed by atoms with Gasteiger partial charge in [-0.3, -0.25) is 14.0 Å². The summed E-state index contributed by atoms with van der Waals surface area (Å²) in [5.41, 5.74) is 1.93. The first kappa shape index (κ1) is 18.6. The number of hydrogen-bond donors (Lipinski definition) is 1. The second-order valence-electron chi connectivity index (χ2n) is 6.79. The number of anilines is 1. The van der Waals surface area contributed by atoms with Crippen LogP contribution in [0.2, 0.25) is 0 Å². The Morgan fingerprint density at radius 1 is 1.13 bits per heavy atom. The maximum Gasteiger partial charge on any atom is 0.291 e. The van der Waals surface area contributed by atoms with Crippen molar-refractivity contribution < 1.29 is 13.9 Å². The summed E-state index contributed by atoms with van der Waals surface area (Å²) in [6, 6.07) is 15.1. The van der Waals surface area contributed by atoms with Crippen molar-refractivity contribution in [2.45, 2.75) is 0 Å². The Kier molecular flexibility index (Phi) is 4.44. The van der Waals surface area contributed by atoms with Gasteiger partial charge in [-0.2, -0.15) is 0 Å². The number of imidazole rings is 1. The molecular formula is C23H16N4O4. The zero-order valence-electron chi connectivity index (χ0n) is 16.4. The molecule has 0 saturated carbocycles. The van der Waals surface area contributed by atoms with Gasteiger partial charge in [-0.25, -0.2) is 9.97 Å². The monoisotopic (exact) mass is 412 g/mol. The van der Waals surface area contributed by atoms with Gasteiger partial charge in [0.25, 0.3) is 5.91 Å². The predicted molar refractivity (Wildman–Crippen MR) is 115 cm³/mol. The third-order valence-electron chi connectivity index (χ3n) is 4.84. The van der Waals surface area contributed by atoms with Crippen LogP contribution in [0.15, 0.2) is 82.4 Å². The van der Waals surface area contributed by atoms with Gasteiger partial charge in [0.05, 0.1) is 23.9 Å². The summed E-state index contributed by atoms with van der Waals surface area (Å²) in [4.78, 5) is 33.9. The van der Waals surface area contributed by atoms with E-state index in [1.165, 1.54) is 13.2 Å². The van der Waals surface area contributed by atoms with E-state index in [0.717, 1.165) is 5.56 Å². The van der Waals surface area contributed by atoms with Crippen LogP contribution in [0.1, 0.15) is 10.6 Å². The van der Waals surface area contributed by atoms with E-state index in [4.69, 9.17) is 9.15 Å². The second kappa shape index (κ2) is 7.42. The Labute approximate surface area is 175 Å². The molecule has 1 N–H and O–H groups in total. The zero-order chi connectivity index (χ0) is 21.4. The van der Waals surface area contributed by atoms with Crippen molar-refractivity contribution in [1.29, 1.82) is 0 Å². The average Bonchev–Trinajstić information content (AvgIpc) is 3.23. The Morgan fingerprint density at radius 2 is 2.00 bits per heavy atom. The third kappa shape index (κ3) is 3.40. The number of benzene rings is 2. The van der Waals surface area contributed by atoms with Crippen LogP contribution < -0.4 is 15.5 Å². The highest BCUT2D eigenvalue weighted by Gasteiger charge is 2.16. The fraction of sp³-hybridized carbons (Fsp3) is 0.0435. The van der Waals surface area contributed by atoms with Crippen molar-refractivity contribution >= 4 is 28.3 Å². The van der Waals surface area contributed by atoms with Crippen LogP contribution in [-0.2, 0) is 0 Å². The molecule has 0 fully saturated rings. The minimum Gasteiger partial charge on any atom is -0.495 e. The fourth-order valence-corrected chi connectivity index (χ4v) is 3.33. The zero-order valence-corrected chi connectivity index (χ0v) is 16.4. The van der Waals surface area contributed by atoms with Crippen LogP contribution in [0.3, 0.4) is 0 Å². The van der Waals surface area contributed by atoms with E-state index in [0.29, 0.717) is 33.9 Å². The molecule has 31 heavy (non-hydrogen) atoms. The Balaban J connectivity index is 1.51. The van der Waals surface area contributed by atoms with Gasteiger partial charge in [0.2, 0.25) is 5.78 Å². The quantitative estimate of drug-likeness (QED) is 0.483. The van der Waals surface area contributed by atoms with E-state index in [9.17, 15) is 9.59 Å². The summed E-state index contributed by atoms with van der Waals surface area (Å²) in [7, 11) is 1.51. The van der Waals surface area contributed by atoms with E-state index in [1.807, 2.05) is 28.9 Å². The number of nitrogens with one attached hydrogen (secondary N) is 1. The lowest BCUT2D eigenvalue weighted by Gasteiger charge is -2.11. The molecular weight excluding hydrogens is 396 g/mol. The molecule has 0 aliphatic carbocycles. The summed E-state index contributed by atoms with van der Waals surface area (Å²) in [6.45, 7) is 0. The molecule has 0 aliphatic rings. The average molecular weight is 412 g/mol. The first-order chi connectivity index (χ1) is 15.1. The van der Waals surface area contributed by atoms with Gasteiger partial charge in [0.15, 0.2) is 11.2 Å². The van der Waals surface area contributed by atoms with Gasteiger partial charge in [0, 0.05) is 30.2 Å². The summed E-state index contributed by atoms with van der Waals surface area (Å²) in [6.07, 6.45) is 5.37. The smallest absolute Gasteiger partial charge is 0.291 e. The molecule has 1 amide bonds. The minimum atomic E-state index is -0.560. The lowest BCUT2D eigenvalue weighted by Crippen LogP contribution is -2.15. The molecule has 3 aromatic heterocycles. The first-order valence-corrected chi connectivity index (χ1v) is 9.45. The number of ether oxygens (including phenoxy) is 1. The Hall–Kier alpha value is -4.46. The van der Waals surface area contributed by atoms with Crippen LogP contribution in [0, 0.1) is 0 Å². The standard InChI is InChI=1S/C23H16N4O4/c1-30-20-8-7-14(17-13-27-10-4-9-24-23(27)26-17)11-16(20)25-22(29)21-12-18(28)15-5-2-3-6-19(15)31-21/h2-13H,1H3,(H,25,29). The van der Waals surface area contributed by atoms with Crippen molar-refractivity contribution in [2.75, 3.05) is 12.4 Å². The van der Waals surface area contributed by atoms with Gasteiger partial charge in [-0.1, -0.05) is 12.1 Å². The Morgan fingerprint density at radius 3 is 2.84 bits per heavy atom. The largest absolute Gasteiger partial charge is 0.495 e. The lowest BCUT2D eigenvalue weighted by atomic mass is 10.1. The maximum absolute atomic E-state index is 12.8. The molecule has 0 aliphatic heterocycles. The topological polar surface area (TPSA) is 98.7 Å². The van der Waals surface area contributed by atoms with E-state index in [-0.39, 0.29) is 11.2 Å². The number of methoxy groups -OCH3 is 1. The van der Waals surface area contributed by atoms with E-state index >= 15 is 0 Å². The number of aromatic nitrogens is 3. The molecule has 3 heterocycles. The molecule has 8 heteroatoms. The van der Waals surface area contributed by atoms with Gasteiger partial charge in [0.1, 0.15) is 11.3 Å². The van der Waals surface area contributed by atoms with E-state index in [1.54, 1.807) is 42.6 Å². The minimum absolute atomic E-state index is 0.0897. The van der Waals surface area contributed by atoms with Gasteiger partial charge in [-0.15, -0.1) is 0 Å². The van der Waals surface area contributed by atoms with Gasteiger partial charge < -0.3 is 14.5 Å². The van der Waals surface area contributed by atoms with Crippen molar-refractivity contribution in [3.63, 3.8) is 0 Å². The number of rotatable bonds is 4. The maximum atomic E-state index is 12.8. The Bertz CT molecular complexity index is 1470. The molecule has 8 nitrogen and oxygen atoms in total. The second-order valence-corrected chi connectivity index (χ2v) is 6.79. The predicted octanol–water partition coefficient (Wildman–Crippen LogP) is 3.76. The number of hydrogen-bond acceptors (Lipinski definition) is 6. The lowest BCUT2D eigenvalue weighted by molar-refractivity contribution is 0.0997. The van der Waals surface area contributed by atoms with E-state index < -0.39 is 5.91 Å². The highest BCUT2D eigenvalue weighted by molar-refractivity contribution is 6.04. The number of amides is 1. The van der Waals surface area contributed by atoms with Crippen LogP contribution in [0.4, 0.5) is 5.69 Å².